The molecule has 1 heterocycles. The summed E-state index contributed by atoms with van der Waals surface area (Å²) in [6.45, 7) is 11.2. The summed E-state index contributed by atoms with van der Waals surface area (Å²) < 4.78 is 0. The van der Waals surface area contributed by atoms with Crippen molar-refractivity contribution in [1.82, 2.24) is 9.97 Å². The second-order valence-corrected chi connectivity index (χ2v) is 5.49. The van der Waals surface area contributed by atoms with E-state index in [9.17, 15) is 4.79 Å². The molecule has 0 aliphatic heterocycles. The molecule has 120 valence electrons. The van der Waals surface area contributed by atoms with Crippen LogP contribution >= 0.6 is 0 Å². The third-order valence-corrected chi connectivity index (χ3v) is 3.02. The lowest BCUT2D eigenvalue weighted by Gasteiger charge is -2.13. The van der Waals surface area contributed by atoms with Crippen molar-refractivity contribution in [3.05, 3.63) is 40.8 Å². The van der Waals surface area contributed by atoms with Gasteiger partial charge in [-0.25, -0.2) is 9.98 Å². The van der Waals surface area contributed by atoms with E-state index in [4.69, 9.17) is 0 Å². The highest BCUT2D eigenvalue weighted by molar-refractivity contribution is 5.94. The minimum atomic E-state index is -0.131. The summed E-state index contributed by atoms with van der Waals surface area (Å²) in [5.41, 5.74) is 3.37. The van der Waals surface area contributed by atoms with Gasteiger partial charge in [-0.3, -0.25) is 4.79 Å². The predicted molar refractivity (Wildman–Crippen MR) is 94.7 cm³/mol. The molecular weight excluding hydrogens is 290 g/mol. The Hall–Kier alpha value is -2.89. The van der Waals surface area contributed by atoms with Gasteiger partial charge in [0.15, 0.2) is 5.82 Å². The van der Waals surface area contributed by atoms with E-state index in [0.29, 0.717) is 22.2 Å². The van der Waals surface area contributed by atoms with Gasteiger partial charge in [0.05, 0.1) is 23.1 Å². The fourth-order valence-corrected chi connectivity index (χ4v) is 2.08. The van der Waals surface area contributed by atoms with Gasteiger partial charge in [0.2, 0.25) is 5.91 Å². The van der Waals surface area contributed by atoms with E-state index in [1.807, 2.05) is 39.0 Å². The normalized spacial score (nSPS) is 11.7. The number of carbonyl (C=O) groups is 1. The van der Waals surface area contributed by atoms with Crippen LogP contribution in [0, 0.1) is 6.92 Å². The molecule has 1 amide bonds. The first-order valence-corrected chi connectivity index (χ1v) is 7.26. The van der Waals surface area contributed by atoms with Crippen LogP contribution in [0.1, 0.15) is 26.3 Å². The number of anilines is 2. The molecule has 0 saturated carbocycles. The van der Waals surface area contributed by atoms with E-state index in [2.05, 4.69) is 32.2 Å². The SMILES string of the molecule is C=c1[nH]cn/c1=C(/N=C(C)C)Nc1ccc(C)cc1NC(C)=O. The predicted octanol–water partition coefficient (Wildman–Crippen LogP) is 1.75. The molecule has 0 atom stereocenters. The van der Waals surface area contributed by atoms with Crippen LogP contribution < -0.4 is 21.3 Å². The van der Waals surface area contributed by atoms with Crippen molar-refractivity contribution in [1.29, 1.82) is 0 Å². The summed E-state index contributed by atoms with van der Waals surface area (Å²) in [4.78, 5) is 23.1. The Morgan fingerprint density at radius 2 is 1.96 bits per heavy atom. The molecule has 0 bridgehead atoms. The van der Waals surface area contributed by atoms with E-state index >= 15 is 0 Å². The van der Waals surface area contributed by atoms with Gasteiger partial charge in [0.25, 0.3) is 0 Å². The smallest absolute Gasteiger partial charge is 0.221 e. The minimum Gasteiger partial charge on any atom is -0.345 e. The van der Waals surface area contributed by atoms with E-state index < -0.39 is 0 Å². The number of aromatic amines is 1. The average Bonchev–Trinajstić information content (AvgIpc) is 2.86. The summed E-state index contributed by atoms with van der Waals surface area (Å²) in [6, 6.07) is 5.76. The van der Waals surface area contributed by atoms with Crippen molar-refractivity contribution in [3.8, 4) is 0 Å². The fourth-order valence-electron chi connectivity index (χ4n) is 2.08. The van der Waals surface area contributed by atoms with Crippen molar-refractivity contribution in [2.75, 3.05) is 10.6 Å². The molecule has 1 aromatic heterocycles. The highest BCUT2D eigenvalue weighted by Crippen LogP contribution is 2.24. The largest absolute Gasteiger partial charge is 0.345 e. The molecule has 0 aliphatic rings. The molecule has 3 N–H and O–H groups in total. The van der Waals surface area contributed by atoms with Gasteiger partial charge in [-0.15, -0.1) is 0 Å². The van der Waals surface area contributed by atoms with Crippen LogP contribution in [0.2, 0.25) is 0 Å². The molecule has 2 aromatic rings. The number of carbonyl (C=O) groups excluding carboxylic acids is 1. The van der Waals surface area contributed by atoms with E-state index in [0.717, 1.165) is 17.0 Å². The number of amides is 1. The molecule has 0 aliphatic carbocycles. The molecule has 2 rings (SSSR count). The van der Waals surface area contributed by atoms with Gasteiger partial charge in [0.1, 0.15) is 5.35 Å². The molecule has 0 unspecified atom stereocenters. The number of nitrogens with zero attached hydrogens (tertiary/aromatic N) is 2. The van der Waals surface area contributed by atoms with Crippen LogP contribution in [0.5, 0.6) is 0 Å². The third kappa shape index (κ3) is 4.29. The third-order valence-electron chi connectivity index (χ3n) is 3.02. The van der Waals surface area contributed by atoms with Gasteiger partial charge in [0, 0.05) is 12.6 Å². The monoisotopic (exact) mass is 311 g/mol. The summed E-state index contributed by atoms with van der Waals surface area (Å²) in [7, 11) is 0. The summed E-state index contributed by atoms with van der Waals surface area (Å²) in [5, 5.41) is 7.38. The van der Waals surface area contributed by atoms with Crippen molar-refractivity contribution in [3.63, 3.8) is 0 Å². The topological polar surface area (TPSA) is 82.2 Å². The maximum absolute atomic E-state index is 11.4. The van der Waals surface area contributed by atoms with Crippen LogP contribution in [-0.4, -0.2) is 21.6 Å². The molecule has 0 saturated heterocycles. The van der Waals surface area contributed by atoms with Crippen LogP contribution in [0.25, 0.3) is 12.4 Å². The molecule has 1 aromatic carbocycles. The van der Waals surface area contributed by atoms with Gasteiger partial charge in [-0.2, -0.15) is 0 Å². The summed E-state index contributed by atoms with van der Waals surface area (Å²) in [6.07, 6.45) is 1.57. The first-order chi connectivity index (χ1) is 10.9. The van der Waals surface area contributed by atoms with Crippen molar-refractivity contribution in [2.24, 2.45) is 4.99 Å². The zero-order valence-electron chi connectivity index (χ0n) is 13.8. The number of H-pyrrole nitrogens is 1. The number of imidazole rings is 1. The molecular formula is C17H21N5O. The van der Waals surface area contributed by atoms with Crippen LogP contribution in [0.4, 0.5) is 11.4 Å². The molecule has 23 heavy (non-hydrogen) atoms. The van der Waals surface area contributed by atoms with E-state index in [1.54, 1.807) is 6.33 Å². The molecule has 0 spiro atoms. The maximum Gasteiger partial charge on any atom is 0.221 e. The number of aromatic nitrogens is 2. The van der Waals surface area contributed by atoms with Gasteiger partial charge >= 0.3 is 0 Å². The van der Waals surface area contributed by atoms with Crippen LogP contribution in [0.15, 0.2) is 29.5 Å². The number of benzene rings is 1. The van der Waals surface area contributed by atoms with Gasteiger partial charge in [-0.05, 0) is 38.5 Å². The van der Waals surface area contributed by atoms with Gasteiger partial charge < -0.3 is 15.6 Å². The van der Waals surface area contributed by atoms with E-state index in [1.165, 1.54) is 6.92 Å². The quantitative estimate of drug-likeness (QED) is 0.752. The Kier molecular flexibility index (Phi) is 4.95. The Morgan fingerprint density at radius 1 is 1.22 bits per heavy atom. The number of rotatable bonds is 4. The molecule has 0 radical (unpaired) electrons. The zero-order valence-corrected chi connectivity index (χ0v) is 13.8. The number of aliphatic imine (C=N–C) groups is 1. The molecule has 6 nitrogen and oxygen atoms in total. The number of hydrogen-bond donors (Lipinski definition) is 3. The van der Waals surface area contributed by atoms with Crippen molar-refractivity contribution >= 4 is 35.4 Å². The summed E-state index contributed by atoms with van der Waals surface area (Å²) >= 11 is 0. The van der Waals surface area contributed by atoms with Crippen LogP contribution in [-0.2, 0) is 4.79 Å². The highest BCUT2D eigenvalue weighted by Gasteiger charge is 2.08. The van der Waals surface area contributed by atoms with Gasteiger partial charge in [-0.1, -0.05) is 12.6 Å². The lowest BCUT2D eigenvalue weighted by atomic mass is 10.2. The minimum absolute atomic E-state index is 0.131. The first kappa shape index (κ1) is 16.5. The van der Waals surface area contributed by atoms with Crippen molar-refractivity contribution < 1.29 is 4.79 Å². The number of aryl methyl sites for hydroxylation is 1. The highest BCUT2D eigenvalue weighted by atomic mass is 16.1. The Balaban J connectivity index is 2.55. The maximum atomic E-state index is 11.4. The standard InChI is InChI=1S/C17H21N5O/c1-10(2)20-17(16-12(4)18-9-19-16)22-14-7-6-11(3)8-15(14)21-13(5)23/h6-9,22H,4H2,1-3,5H3,(H,18,19)(H,21,23)/b17-16-. The fraction of sp³-hybridized carbons (Fsp3) is 0.235. The lowest BCUT2D eigenvalue weighted by molar-refractivity contribution is -0.114. The molecule has 0 fully saturated rings. The zero-order chi connectivity index (χ0) is 17.0. The van der Waals surface area contributed by atoms with E-state index in [-0.39, 0.29) is 5.91 Å². The average molecular weight is 311 g/mol. The number of nitrogens with one attached hydrogen (secondary N) is 3. The second-order valence-electron chi connectivity index (χ2n) is 5.49. The summed E-state index contributed by atoms with van der Waals surface area (Å²) in [5.74, 6) is 0.444. The lowest BCUT2D eigenvalue weighted by Crippen LogP contribution is -2.28. The Bertz CT molecular complexity index is 859. The Labute approximate surface area is 135 Å². The van der Waals surface area contributed by atoms with Crippen molar-refractivity contribution in [2.45, 2.75) is 27.7 Å². The van der Waals surface area contributed by atoms with Crippen LogP contribution in [0.3, 0.4) is 0 Å². The Morgan fingerprint density at radius 3 is 2.52 bits per heavy atom. The first-order valence-electron chi connectivity index (χ1n) is 7.26. The second kappa shape index (κ2) is 6.91. The number of hydrogen-bond acceptors (Lipinski definition) is 4. The molecule has 6 heteroatoms.